The number of benzene rings is 2. The molecule has 1 aliphatic carbocycles. The second-order valence-electron chi connectivity index (χ2n) is 10.2. The van der Waals surface area contributed by atoms with Crippen LogP contribution in [0.2, 0.25) is 0 Å². The fourth-order valence-corrected chi connectivity index (χ4v) is 6.79. The minimum absolute atomic E-state index is 0.174. The number of nitrogens with one attached hydrogen (secondary N) is 2. The Morgan fingerprint density at radius 3 is 2.35 bits per heavy atom. The molecule has 0 unspecified atom stereocenters. The number of urea groups is 1. The quantitative estimate of drug-likeness (QED) is 0.461. The van der Waals surface area contributed by atoms with Crippen molar-refractivity contribution in [3.05, 3.63) is 65.7 Å². The van der Waals surface area contributed by atoms with Crippen molar-refractivity contribution in [3.8, 4) is 5.75 Å². The normalized spacial score (nSPS) is 20.7. The number of hydrogen-bond donors (Lipinski definition) is 2. The summed E-state index contributed by atoms with van der Waals surface area (Å²) in [5.41, 5.74) is 0.943. The second kappa shape index (κ2) is 10.4. The lowest BCUT2D eigenvalue weighted by atomic mass is 9.87. The van der Waals surface area contributed by atoms with Crippen LogP contribution in [0.4, 0.5) is 4.79 Å². The summed E-state index contributed by atoms with van der Waals surface area (Å²) in [6.07, 6.45) is 3.13. The lowest BCUT2D eigenvalue weighted by Gasteiger charge is -2.37. The predicted octanol–water partition coefficient (Wildman–Crippen LogP) is 2.79. The van der Waals surface area contributed by atoms with E-state index in [9.17, 15) is 18.0 Å². The molecule has 5 rings (SSSR count). The van der Waals surface area contributed by atoms with Gasteiger partial charge in [0.1, 0.15) is 11.3 Å². The number of rotatable bonds is 10. The summed E-state index contributed by atoms with van der Waals surface area (Å²) in [6, 6.07) is 16.4. The maximum absolute atomic E-state index is 13.3. The highest BCUT2D eigenvalue weighted by atomic mass is 32.2. The maximum Gasteiger partial charge on any atom is 0.325 e. The molecule has 2 saturated heterocycles. The number of nitrogens with zero attached hydrogens (tertiary/aromatic N) is 2. The number of amides is 3. The van der Waals surface area contributed by atoms with Crippen LogP contribution >= 0.6 is 0 Å². The Morgan fingerprint density at radius 1 is 1.05 bits per heavy atom. The standard InChI is InChI=1S/C27H34N4O5S/c1-36-22-9-7-20(8-10-22)19-31-25(32)27(28-26(31)33)14-17-30(18-15-27)16-13-24(21-5-3-2-4-6-21)29-37(34,35)23-11-12-23/h2-10,23-24,29H,11-19H2,1H3,(H,28,33)/t24-/m0/s1. The average molecular weight is 527 g/mol. The van der Waals surface area contributed by atoms with Crippen LogP contribution in [-0.4, -0.2) is 67.7 Å². The van der Waals surface area contributed by atoms with Crippen molar-refractivity contribution in [2.75, 3.05) is 26.7 Å². The van der Waals surface area contributed by atoms with Gasteiger partial charge in [-0.05, 0) is 61.9 Å². The number of carbonyl (C=O) groups is 2. The summed E-state index contributed by atoms with van der Waals surface area (Å²) in [4.78, 5) is 29.6. The predicted molar refractivity (Wildman–Crippen MR) is 139 cm³/mol. The molecule has 37 heavy (non-hydrogen) atoms. The van der Waals surface area contributed by atoms with Gasteiger partial charge in [0.05, 0.1) is 18.9 Å². The van der Waals surface area contributed by atoms with E-state index >= 15 is 0 Å². The van der Waals surface area contributed by atoms with Crippen molar-refractivity contribution in [3.63, 3.8) is 0 Å². The molecule has 198 valence electrons. The van der Waals surface area contributed by atoms with Crippen LogP contribution < -0.4 is 14.8 Å². The van der Waals surface area contributed by atoms with Gasteiger partial charge < -0.3 is 15.0 Å². The van der Waals surface area contributed by atoms with E-state index in [4.69, 9.17) is 4.74 Å². The molecule has 1 atom stereocenters. The van der Waals surface area contributed by atoms with E-state index in [1.54, 1.807) is 7.11 Å². The van der Waals surface area contributed by atoms with E-state index in [1.165, 1.54) is 4.90 Å². The molecule has 2 heterocycles. The Kier molecular flexibility index (Phi) is 7.24. The molecule has 0 bridgehead atoms. The Bertz CT molecular complexity index is 1220. The largest absolute Gasteiger partial charge is 0.497 e. The Labute approximate surface area is 218 Å². The number of piperidine rings is 1. The first kappa shape index (κ1) is 25.7. The summed E-state index contributed by atoms with van der Waals surface area (Å²) in [6.45, 7) is 2.22. The topological polar surface area (TPSA) is 108 Å². The fourth-order valence-electron chi connectivity index (χ4n) is 5.19. The Balaban J connectivity index is 1.18. The third kappa shape index (κ3) is 5.66. The number of ether oxygens (including phenoxy) is 1. The molecule has 2 aliphatic heterocycles. The molecule has 2 aromatic carbocycles. The molecule has 2 N–H and O–H groups in total. The zero-order valence-corrected chi connectivity index (χ0v) is 21.9. The molecule has 2 aromatic rings. The average Bonchev–Trinajstić information content (AvgIpc) is 3.75. The zero-order chi connectivity index (χ0) is 26.0. The van der Waals surface area contributed by atoms with Gasteiger partial charge >= 0.3 is 6.03 Å². The van der Waals surface area contributed by atoms with Crippen molar-refractivity contribution < 1.29 is 22.7 Å². The monoisotopic (exact) mass is 526 g/mol. The molecule has 3 aliphatic rings. The van der Waals surface area contributed by atoms with Gasteiger partial charge in [0, 0.05) is 19.1 Å². The smallest absolute Gasteiger partial charge is 0.325 e. The third-order valence-electron chi connectivity index (χ3n) is 7.66. The van der Waals surface area contributed by atoms with Crippen LogP contribution in [0.25, 0.3) is 0 Å². The van der Waals surface area contributed by atoms with Gasteiger partial charge in [-0.3, -0.25) is 9.69 Å². The maximum atomic E-state index is 13.3. The van der Waals surface area contributed by atoms with Crippen molar-refractivity contribution in [1.82, 2.24) is 19.8 Å². The van der Waals surface area contributed by atoms with Crippen LogP contribution in [0.15, 0.2) is 54.6 Å². The molecular weight excluding hydrogens is 492 g/mol. The number of imide groups is 1. The van der Waals surface area contributed by atoms with Gasteiger partial charge in [-0.2, -0.15) is 0 Å². The van der Waals surface area contributed by atoms with Crippen LogP contribution in [0.3, 0.4) is 0 Å². The number of likely N-dealkylation sites (tertiary alicyclic amines) is 1. The number of hydrogen-bond acceptors (Lipinski definition) is 6. The molecule has 3 fully saturated rings. The fraction of sp³-hybridized carbons (Fsp3) is 0.481. The Hall–Kier alpha value is -2.95. The number of sulfonamides is 1. The summed E-state index contributed by atoms with van der Waals surface area (Å²) < 4.78 is 33.4. The van der Waals surface area contributed by atoms with Gasteiger partial charge in [0.25, 0.3) is 5.91 Å². The van der Waals surface area contributed by atoms with Crippen LogP contribution in [0.5, 0.6) is 5.75 Å². The van der Waals surface area contributed by atoms with E-state index in [2.05, 4.69) is 14.9 Å². The highest BCUT2D eigenvalue weighted by molar-refractivity contribution is 7.90. The summed E-state index contributed by atoms with van der Waals surface area (Å²) in [5.74, 6) is 0.548. The van der Waals surface area contributed by atoms with Crippen LogP contribution in [-0.2, 0) is 21.4 Å². The van der Waals surface area contributed by atoms with Gasteiger partial charge in [0.2, 0.25) is 10.0 Å². The molecule has 9 nitrogen and oxygen atoms in total. The lowest BCUT2D eigenvalue weighted by molar-refractivity contribution is -0.133. The van der Waals surface area contributed by atoms with E-state index in [0.29, 0.717) is 38.9 Å². The van der Waals surface area contributed by atoms with Gasteiger partial charge in [-0.25, -0.2) is 17.9 Å². The first-order valence-electron chi connectivity index (χ1n) is 12.9. The number of methoxy groups -OCH3 is 1. The van der Waals surface area contributed by atoms with Crippen molar-refractivity contribution >= 4 is 22.0 Å². The molecule has 1 saturated carbocycles. The summed E-state index contributed by atoms with van der Waals surface area (Å²) in [5, 5.41) is 2.70. The summed E-state index contributed by atoms with van der Waals surface area (Å²) in [7, 11) is -1.73. The zero-order valence-electron chi connectivity index (χ0n) is 21.1. The molecule has 1 spiro atoms. The van der Waals surface area contributed by atoms with E-state index in [1.807, 2.05) is 54.6 Å². The molecule has 0 aromatic heterocycles. The van der Waals surface area contributed by atoms with Crippen LogP contribution in [0, 0.1) is 0 Å². The molecule has 10 heteroatoms. The van der Waals surface area contributed by atoms with Gasteiger partial charge in [-0.15, -0.1) is 0 Å². The minimum atomic E-state index is -3.33. The second-order valence-corrected chi connectivity index (χ2v) is 12.2. The van der Waals surface area contributed by atoms with E-state index in [0.717, 1.165) is 29.7 Å². The first-order chi connectivity index (χ1) is 17.8. The van der Waals surface area contributed by atoms with E-state index in [-0.39, 0.29) is 29.8 Å². The first-order valence-corrected chi connectivity index (χ1v) is 14.4. The van der Waals surface area contributed by atoms with Crippen molar-refractivity contribution in [1.29, 1.82) is 0 Å². The van der Waals surface area contributed by atoms with Crippen molar-refractivity contribution in [2.45, 2.75) is 55.5 Å². The molecule has 3 amide bonds. The molecule has 0 radical (unpaired) electrons. The summed E-state index contributed by atoms with van der Waals surface area (Å²) >= 11 is 0. The van der Waals surface area contributed by atoms with Crippen molar-refractivity contribution in [2.24, 2.45) is 0 Å². The SMILES string of the molecule is COc1ccc(CN2C(=O)NC3(CCN(CC[C@H](NS(=O)(=O)C4CC4)c4ccccc4)CC3)C2=O)cc1. The Morgan fingerprint density at radius 2 is 1.73 bits per heavy atom. The third-order valence-corrected chi connectivity index (χ3v) is 9.62. The highest BCUT2D eigenvalue weighted by Gasteiger charge is 2.52. The van der Waals surface area contributed by atoms with Gasteiger partial charge in [-0.1, -0.05) is 42.5 Å². The molecular formula is C27H34N4O5S. The minimum Gasteiger partial charge on any atom is -0.497 e. The van der Waals surface area contributed by atoms with Gasteiger partial charge in [0.15, 0.2) is 0 Å². The highest BCUT2D eigenvalue weighted by Crippen LogP contribution is 2.32. The van der Waals surface area contributed by atoms with E-state index < -0.39 is 15.6 Å². The van der Waals surface area contributed by atoms with Crippen LogP contribution in [0.1, 0.15) is 49.3 Å². The lowest BCUT2D eigenvalue weighted by Crippen LogP contribution is -2.55. The number of carbonyl (C=O) groups excluding carboxylic acids is 2.